The van der Waals surface area contributed by atoms with E-state index in [1.54, 1.807) is 18.0 Å². The van der Waals surface area contributed by atoms with Crippen molar-refractivity contribution in [1.29, 1.82) is 0 Å². The number of halogens is 1. The third-order valence-corrected chi connectivity index (χ3v) is 2.84. The first-order chi connectivity index (χ1) is 6.22. The van der Waals surface area contributed by atoms with Crippen LogP contribution >= 0.6 is 27.7 Å². The van der Waals surface area contributed by atoms with Gasteiger partial charge in [-0.15, -0.1) is 0 Å². The van der Waals surface area contributed by atoms with Gasteiger partial charge in [0.05, 0.1) is 0 Å². The molecule has 0 fully saturated rings. The van der Waals surface area contributed by atoms with E-state index in [1.165, 1.54) is 5.56 Å². The Kier molecular flexibility index (Phi) is 4.77. The van der Waals surface area contributed by atoms with E-state index in [2.05, 4.69) is 33.2 Å². The first-order valence-electron chi connectivity index (χ1n) is 4.06. The van der Waals surface area contributed by atoms with E-state index in [1.807, 2.05) is 6.20 Å². The molecule has 1 aromatic rings. The quantitative estimate of drug-likeness (QED) is 0.901. The van der Waals surface area contributed by atoms with E-state index in [0.29, 0.717) is 0 Å². The van der Waals surface area contributed by atoms with E-state index in [0.717, 1.165) is 16.6 Å². The number of nitrogens with zero attached hydrogens (tertiary/aromatic N) is 1. The lowest BCUT2D eigenvalue weighted by Gasteiger charge is -2.09. The molecule has 0 aliphatic rings. The molecule has 0 saturated carbocycles. The topological polar surface area (TPSA) is 38.9 Å². The molecule has 4 heteroatoms. The van der Waals surface area contributed by atoms with Crippen LogP contribution in [0, 0.1) is 0 Å². The molecule has 2 nitrogen and oxygen atoms in total. The van der Waals surface area contributed by atoms with Crippen LogP contribution in [0.25, 0.3) is 0 Å². The van der Waals surface area contributed by atoms with Crippen molar-refractivity contribution in [2.24, 2.45) is 5.73 Å². The van der Waals surface area contributed by atoms with Crippen molar-refractivity contribution in [3.63, 3.8) is 0 Å². The molecule has 0 aliphatic carbocycles. The maximum atomic E-state index is 5.90. The molecule has 0 radical (unpaired) electrons. The lowest BCUT2D eigenvalue weighted by Crippen LogP contribution is -2.25. The van der Waals surface area contributed by atoms with Gasteiger partial charge in [0.25, 0.3) is 0 Å². The van der Waals surface area contributed by atoms with Crippen molar-refractivity contribution in [3.8, 4) is 0 Å². The molecule has 13 heavy (non-hydrogen) atoms. The lowest BCUT2D eigenvalue weighted by molar-refractivity contribution is 0.746. The number of hydrogen-bond acceptors (Lipinski definition) is 3. The van der Waals surface area contributed by atoms with Crippen LogP contribution in [0.4, 0.5) is 0 Å². The third kappa shape index (κ3) is 4.11. The maximum Gasteiger partial charge on any atom is 0.0410 e. The fraction of sp³-hybridized carbons (Fsp3) is 0.444. The standard InChI is InChI=1S/C9H13BrN2S/c1-13-6-9(11)3-7-2-8(10)5-12-4-7/h2,4-5,9H,3,6,11H2,1H3. The lowest BCUT2D eigenvalue weighted by atomic mass is 10.1. The fourth-order valence-corrected chi connectivity index (χ4v) is 2.10. The predicted octanol–water partition coefficient (Wildman–Crippen LogP) is 2.08. The SMILES string of the molecule is CSCC(N)Cc1cncc(Br)c1. The summed E-state index contributed by atoms with van der Waals surface area (Å²) < 4.78 is 1.02. The largest absolute Gasteiger partial charge is 0.327 e. The molecule has 1 unspecified atom stereocenters. The number of aromatic nitrogens is 1. The van der Waals surface area contributed by atoms with Gasteiger partial charge in [-0.05, 0) is 40.2 Å². The van der Waals surface area contributed by atoms with Gasteiger partial charge >= 0.3 is 0 Å². The highest BCUT2D eigenvalue weighted by Crippen LogP contribution is 2.11. The number of nitrogens with two attached hydrogens (primary N) is 1. The smallest absolute Gasteiger partial charge is 0.0410 e. The van der Waals surface area contributed by atoms with E-state index in [4.69, 9.17) is 5.73 Å². The van der Waals surface area contributed by atoms with Crippen LogP contribution in [0.3, 0.4) is 0 Å². The molecule has 0 amide bonds. The number of pyridine rings is 1. The van der Waals surface area contributed by atoms with Crippen molar-refractivity contribution in [3.05, 3.63) is 28.5 Å². The van der Waals surface area contributed by atoms with E-state index >= 15 is 0 Å². The zero-order chi connectivity index (χ0) is 9.68. The minimum atomic E-state index is 0.228. The normalized spacial score (nSPS) is 12.8. The Labute approximate surface area is 91.4 Å². The van der Waals surface area contributed by atoms with Crippen LogP contribution in [0.5, 0.6) is 0 Å². The van der Waals surface area contributed by atoms with Gasteiger partial charge in [-0.25, -0.2) is 0 Å². The summed E-state index contributed by atoms with van der Waals surface area (Å²) in [6, 6.07) is 2.29. The molecular weight excluding hydrogens is 248 g/mol. The molecule has 72 valence electrons. The van der Waals surface area contributed by atoms with Gasteiger partial charge in [0.15, 0.2) is 0 Å². The Hall–Kier alpha value is -0.0600. The van der Waals surface area contributed by atoms with Crippen molar-refractivity contribution >= 4 is 27.7 Å². The zero-order valence-electron chi connectivity index (χ0n) is 7.53. The van der Waals surface area contributed by atoms with Gasteiger partial charge in [0, 0.05) is 28.7 Å². The molecule has 1 aromatic heterocycles. The summed E-state index contributed by atoms with van der Waals surface area (Å²) in [5.41, 5.74) is 7.09. The highest BCUT2D eigenvalue weighted by molar-refractivity contribution is 9.10. The first-order valence-corrected chi connectivity index (χ1v) is 6.25. The van der Waals surface area contributed by atoms with Crippen molar-refractivity contribution < 1.29 is 0 Å². The highest BCUT2D eigenvalue weighted by Gasteiger charge is 2.03. The number of rotatable bonds is 4. The van der Waals surface area contributed by atoms with Crippen LogP contribution in [-0.2, 0) is 6.42 Å². The van der Waals surface area contributed by atoms with Crippen molar-refractivity contribution in [2.75, 3.05) is 12.0 Å². The number of hydrogen-bond donors (Lipinski definition) is 1. The van der Waals surface area contributed by atoms with E-state index < -0.39 is 0 Å². The molecule has 0 spiro atoms. The Morgan fingerprint density at radius 1 is 1.62 bits per heavy atom. The zero-order valence-corrected chi connectivity index (χ0v) is 9.94. The highest BCUT2D eigenvalue weighted by atomic mass is 79.9. The van der Waals surface area contributed by atoms with Gasteiger partial charge in [-0.2, -0.15) is 11.8 Å². The first kappa shape index (κ1) is 11.0. The summed E-state index contributed by atoms with van der Waals surface area (Å²) in [5, 5.41) is 0. The van der Waals surface area contributed by atoms with Crippen LogP contribution in [0.2, 0.25) is 0 Å². The van der Waals surface area contributed by atoms with Gasteiger partial charge in [0.2, 0.25) is 0 Å². The monoisotopic (exact) mass is 260 g/mol. The molecule has 2 N–H and O–H groups in total. The summed E-state index contributed by atoms with van der Waals surface area (Å²) in [7, 11) is 0. The molecule has 0 aromatic carbocycles. The van der Waals surface area contributed by atoms with Gasteiger partial charge < -0.3 is 5.73 Å². The van der Waals surface area contributed by atoms with Gasteiger partial charge in [0.1, 0.15) is 0 Å². The fourth-order valence-electron chi connectivity index (χ4n) is 1.14. The van der Waals surface area contributed by atoms with Gasteiger partial charge in [-0.3, -0.25) is 4.98 Å². The van der Waals surface area contributed by atoms with Crippen LogP contribution in [0.15, 0.2) is 22.9 Å². The van der Waals surface area contributed by atoms with Gasteiger partial charge in [-0.1, -0.05) is 0 Å². The molecule has 1 rings (SSSR count). The summed E-state index contributed by atoms with van der Waals surface area (Å²) in [4.78, 5) is 4.09. The predicted molar refractivity (Wildman–Crippen MR) is 62.0 cm³/mol. The second kappa shape index (κ2) is 5.62. The number of thioether (sulfide) groups is 1. The third-order valence-electron chi connectivity index (χ3n) is 1.64. The Bertz CT molecular complexity index is 268. The summed E-state index contributed by atoms with van der Waals surface area (Å²) in [6.07, 6.45) is 6.61. The van der Waals surface area contributed by atoms with Crippen LogP contribution in [-0.4, -0.2) is 23.0 Å². The van der Waals surface area contributed by atoms with E-state index in [-0.39, 0.29) is 6.04 Å². The molecule has 1 atom stereocenters. The maximum absolute atomic E-state index is 5.90. The molecule has 0 saturated heterocycles. The summed E-state index contributed by atoms with van der Waals surface area (Å²) in [5.74, 6) is 0.993. The molecule has 1 heterocycles. The van der Waals surface area contributed by atoms with Crippen molar-refractivity contribution in [1.82, 2.24) is 4.98 Å². The minimum absolute atomic E-state index is 0.228. The summed E-state index contributed by atoms with van der Waals surface area (Å²) >= 11 is 5.16. The molecular formula is C9H13BrN2S. The van der Waals surface area contributed by atoms with Crippen molar-refractivity contribution in [2.45, 2.75) is 12.5 Å². The molecule has 0 aliphatic heterocycles. The minimum Gasteiger partial charge on any atom is -0.327 e. The molecule has 0 bridgehead atoms. The Balaban J connectivity index is 2.53. The van der Waals surface area contributed by atoms with Crippen LogP contribution in [0.1, 0.15) is 5.56 Å². The van der Waals surface area contributed by atoms with Crippen LogP contribution < -0.4 is 5.73 Å². The second-order valence-corrected chi connectivity index (χ2v) is 4.76. The average molecular weight is 261 g/mol. The Morgan fingerprint density at radius 3 is 3.00 bits per heavy atom. The summed E-state index contributed by atoms with van der Waals surface area (Å²) in [6.45, 7) is 0. The second-order valence-electron chi connectivity index (χ2n) is 2.93. The Morgan fingerprint density at radius 2 is 2.38 bits per heavy atom. The van der Waals surface area contributed by atoms with E-state index in [9.17, 15) is 0 Å². The average Bonchev–Trinajstić information content (AvgIpc) is 2.04.